The third kappa shape index (κ3) is 4.31. The smallest absolute Gasteiger partial charge is 0.309 e. The van der Waals surface area contributed by atoms with Gasteiger partial charge in [0.15, 0.2) is 5.79 Å². The summed E-state index contributed by atoms with van der Waals surface area (Å²) in [4.78, 5) is 25.9. The van der Waals surface area contributed by atoms with Crippen LogP contribution in [-0.2, 0) is 36.6 Å². The van der Waals surface area contributed by atoms with Crippen molar-refractivity contribution >= 4 is 11.8 Å². The minimum atomic E-state index is -0.814. The predicted molar refractivity (Wildman–Crippen MR) is 106 cm³/mol. The van der Waals surface area contributed by atoms with Crippen molar-refractivity contribution in [2.24, 2.45) is 11.8 Å². The van der Waals surface area contributed by atoms with Crippen LogP contribution in [-0.4, -0.2) is 37.4 Å². The average molecular weight is 389 g/mol. The molecule has 1 aliphatic heterocycles. The van der Waals surface area contributed by atoms with Crippen molar-refractivity contribution < 1.29 is 23.8 Å². The van der Waals surface area contributed by atoms with Gasteiger partial charge in [-0.2, -0.15) is 0 Å². The van der Waals surface area contributed by atoms with E-state index >= 15 is 0 Å². The molecule has 1 saturated carbocycles. The molecule has 0 radical (unpaired) electrons. The van der Waals surface area contributed by atoms with Gasteiger partial charge >= 0.3 is 5.97 Å². The highest BCUT2D eigenvalue weighted by atomic mass is 16.7. The molecule has 1 saturated heterocycles. The van der Waals surface area contributed by atoms with Gasteiger partial charge in [-0.1, -0.05) is 24.6 Å². The van der Waals surface area contributed by atoms with Gasteiger partial charge in [0.2, 0.25) is 0 Å². The van der Waals surface area contributed by atoms with E-state index in [-0.39, 0.29) is 11.8 Å². The van der Waals surface area contributed by atoms with Crippen molar-refractivity contribution in [3.8, 4) is 0 Å². The lowest BCUT2D eigenvalue weighted by atomic mass is 9.85. The molecule has 28 heavy (non-hydrogen) atoms. The summed E-state index contributed by atoms with van der Waals surface area (Å²) >= 11 is 0. The van der Waals surface area contributed by atoms with Crippen LogP contribution in [0.25, 0.3) is 0 Å². The number of rotatable bonds is 6. The SMILES string of the molecule is CCOC(=O)[C@@H]1CC2(C[C@H]1C(=O)Cc1c(C)cc(C)cc1CC)OCCCO2. The molecular formula is C23H32O5. The molecule has 1 aromatic carbocycles. The molecule has 0 N–H and O–H groups in total. The summed E-state index contributed by atoms with van der Waals surface area (Å²) < 4.78 is 17.1. The Labute approximate surface area is 167 Å². The van der Waals surface area contributed by atoms with Gasteiger partial charge in [0, 0.05) is 25.2 Å². The zero-order chi connectivity index (χ0) is 20.3. The maximum Gasteiger partial charge on any atom is 0.309 e. The van der Waals surface area contributed by atoms with Crippen LogP contribution in [0.4, 0.5) is 0 Å². The van der Waals surface area contributed by atoms with E-state index in [0.717, 1.165) is 24.0 Å². The molecule has 1 spiro atoms. The number of hydrogen-bond donors (Lipinski definition) is 0. The van der Waals surface area contributed by atoms with Crippen molar-refractivity contribution in [2.75, 3.05) is 19.8 Å². The summed E-state index contributed by atoms with van der Waals surface area (Å²) in [6.45, 7) is 9.55. The number of Topliss-reactive ketones (excluding diaryl/α,β-unsaturated/α-hetero) is 1. The van der Waals surface area contributed by atoms with E-state index in [9.17, 15) is 9.59 Å². The highest BCUT2D eigenvalue weighted by Gasteiger charge is 2.53. The van der Waals surface area contributed by atoms with Crippen LogP contribution in [0, 0.1) is 25.7 Å². The highest BCUT2D eigenvalue weighted by molar-refractivity contribution is 5.89. The van der Waals surface area contributed by atoms with Crippen LogP contribution in [0.5, 0.6) is 0 Å². The molecule has 1 heterocycles. The van der Waals surface area contributed by atoms with Crippen LogP contribution in [0.1, 0.15) is 55.4 Å². The third-order valence-corrected chi connectivity index (χ3v) is 6.01. The van der Waals surface area contributed by atoms with E-state index < -0.39 is 17.6 Å². The van der Waals surface area contributed by atoms with E-state index in [1.807, 2.05) is 0 Å². The minimum Gasteiger partial charge on any atom is -0.466 e. The first-order valence-corrected chi connectivity index (χ1v) is 10.5. The van der Waals surface area contributed by atoms with E-state index in [0.29, 0.717) is 39.1 Å². The summed E-state index contributed by atoms with van der Waals surface area (Å²) in [7, 11) is 0. The van der Waals surface area contributed by atoms with Crippen molar-refractivity contribution in [2.45, 2.75) is 65.6 Å². The Balaban J connectivity index is 1.84. The Hall–Kier alpha value is -1.72. The molecule has 3 rings (SSSR count). The normalized spacial score (nSPS) is 23.7. The Bertz CT molecular complexity index is 733. The Kier molecular flexibility index (Phi) is 6.56. The molecule has 2 atom stereocenters. The fourth-order valence-electron chi connectivity index (χ4n) is 4.68. The molecule has 5 nitrogen and oxygen atoms in total. The molecule has 0 aromatic heterocycles. The van der Waals surface area contributed by atoms with E-state index in [4.69, 9.17) is 14.2 Å². The van der Waals surface area contributed by atoms with Crippen LogP contribution < -0.4 is 0 Å². The molecule has 2 fully saturated rings. The van der Waals surface area contributed by atoms with Crippen LogP contribution in [0.3, 0.4) is 0 Å². The first-order valence-electron chi connectivity index (χ1n) is 10.5. The molecule has 0 bridgehead atoms. The van der Waals surface area contributed by atoms with E-state index in [2.05, 4.69) is 32.9 Å². The first-order chi connectivity index (χ1) is 13.4. The summed E-state index contributed by atoms with van der Waals surface area (Å²) in [5.41, 5.74) is 4.64. The van der Waals surface area contributed by atoms with E-state index in [1.54, 1.807) is 6.92 Å². The Morgan fingerprint density at radius 1 is 1.11 bits per heavy atom. The van der Waals surface area contributed by atoms with Crippen molar-refractivity contribution in [1.29, 1.82) is 0 Å². The fraction of sp³-hybridized carbons (Fsp3) is 0.652. The summed E-state index contributed by atoms with van der Waals surface area (Å²) in [5, 5.41) is 0. The molecule has 0 amide bonds. The molecule has 5 heteroatoms. The number of carbonyl (C=O) groups is 2. The summed E-state index contributed by atoms with van der Waals surface area (Å²) in [5.74, 6) is -1.98. The monoisotopic (exact) mass is 388 g/mol. The van der Waals surface area contributed by atoms with Crippen molar-refractivity contribution in [3.05, 3.63) is 34.4 Å². The van der Waals surface area contributed by atoms with Crippen molar-refractivity contribution in [3.63, 3.8) is 0 Å². The predicted octanol–water partition coefficient (Wildman–Crippen LogP) is 3.70. The zero-order valence-electron chi connectivity index (χ0n) is 17.5. The maximum absolute atomic E-state index is 13.3. The van der Waals surface area contributed by atoms with Gasteiger partial charge < -0.3 is 14.2 Å². The summed E-state index contributed by atoms with van der Waals surface area (Å²) in [6, 6.07) is 4.27. The van der Waals surface area contributed by atoms with Gasteiger partial charge in [0.05, 0.1) is 25.7 Å². The summed E-state index contributed by atoms with van der Waals surface area (Å²) in [6.07, 6.45) is 2.89. The number of hydrogen-bond acceptors (Lipinski definition) is 5. The molecule has 154 valence electrons. The number of esters is 1. The van der Waals surface area contributed by atoms with Crippen LogP contribution >= 0.6 is 0 Å². The number of carbonyl (C=O) groups excluding carboxylic acids is 2. The topological polar surface area (TPSA) is 61.8 Å². The van der Waals surface area contributed by atoms with Gasteiger partial charge in [-0.3, -0.25) is 9.59 Å². The second kappa shape index (κ2) is 8.75. The van der Waals surface area contributed by atoms with Crippen LogP contribution in [0.2, 0.25) is 0 Å². The number of benzene rings is 1. The van der Waals surface area contributed by atoms with Gasteiger partial charge in [-0.05, 0) is 50.3 Å². The third-order valence-electron chi connectivity index (χ3n) is 6.01. The number of aryl methyl sites for hydroxylation is 3. The average Bonchev–Trinajstić information content (AvgIpc) is 3.03. The lowest BCUT2D eigenvalue weighted by Gasteiger charge is -2.33. The van der Waals surface area contributed by atoms with Gasteiger partial charge in [0.25, 0.3) is 0 Å². The zero-order valence-corrected chi connectivity index (χ0v) is 17.5. The highest BCUT2D eigenvalue weighted by Crippen LogP contribution is 2.45. The number of ether oxygens (including phenoxy) is 3. The van der Waals surface area contributed by atoms with Crippen molar-refractivity contribution in [1.82, 2.24) is 0 Å². The molecule has 1 aromatic rings. The standard InChI is InChI=1S/C23H32O5/c1-5-17-11-15(3)10-16(4)18(17)12-21(24)19-13-23(27-8-7-9-28-23)14-20(19)22(25)26-6-2/h10-11,19-20H,5-9,12-14H2,1-4H3/t19-,20-/m1/s1. The second-order valence-electron chi connectivity index (χ2n) is 8.05. The lowest BCUT2D eigenvalue weighted by molar-refractivity contribution is -0.264. The Morgan fingerprint density at radius 3 is 2.43 bits per heavy atom. The largest absolute Gasteiger partial charge is 0.466 e. The van der Waals surface area contributed by atoms with E-state index in [1.165, 1.54) is 11.1 Å². The molecule has 2 aliphatic rings. The second-order valence-corrected chi connectivity index (χ2v) is 8.05. The first kappa shape index (κ1) is 21.0. The molecular weight excluding hydrogens is 356 g/mol. The molecule has 0 unspecified atom stereocenters. The fourth-order valence-corrected chi connectivity index (χ4v) is 4.68. The lowest BCUT2D eigenvalue weighted by Crippen LogP contribution is -2.38. The van der Waals surface area contributed by atoms with Gasteiger partial charge in [-0.15, -0.1) is 0 Å². The molecule has 1 aliphatic carbocycles. The van der Waals surface area contributed by atoms with Gasteiger partial charge in [-0.25, -0.2) is 0 Å². The number of ketones is 1. The quantitative estimate of drug-likeness (QED) is 0.696. The maximum atomic E-state index is 13.3. The Morgan fingerprint density at radius 2 is 1.79 bits per heavy atom. The van der Waals surface area contributed by atoms with Crippen LogP contribution in [0.15, 0.2) is 12.1 Å². The van der Waals surface area contributed by atoms with Gasteiger partial charge in [0.1, 0.15) is 5.78 Å². The minimum absolute atomic E-state index is 0.0781.